The van der Waals surface area contributed by atoms with Gasteiger partial charge in [-0.1, -0.05) is 31.4 Å². The van der Waals surface area contributed by atoms with Crippen LogP contribution in [0.25, 0.3) is 0 Å². The predicted octanol–water partition coefficient (Wildman–Crippen LogP) is 3.91. The molecular weight excluding hydrogens is 286 g/mol. The third kappa shape index (κ3) is 5.17. The van der Waals surface area contributed by atoms with E-state index in [4.69, 9.17) is 16.3 Å². The van der Waals surface area contributed by atoms with E-state index in [-0.39, 0.29) is 12.2 Å². The largest absolute Gasteiger partial charge is 0.487 e. The van der Waals surface area contributed by atoms with E-state index in [1.165, 1.54) is 6.42 Å². The lowest BCUT2D eigenvalue weighted by Crippen LogP contribution is -2.31. The highest BCUT2D eigenvalue weighted by molar-refractivity contribution is 6.30. The minimum absolute atomic E-state index is 0.0985. The van der Waals surface area contributed by atoms with Crippen LogP contribution in [0.4, 0.5) is 0 Å². The summed E-state index contributed by atoms with van der Waals surface area (Å²) in [4.78, 5) is 0. The molecule has 2 N–H and O–H groups in total. The van der Waals surface area contributed by atoms with Crippen molar-refractivity contribution in [2.24, 2.45) is 0 Å². The van der Waals surface area contributed by atoms with Crippen molar-refractivity contribution in [2.75, 3.05) is 6.54 Å². The van der Waals surface area contributed by atoms with Gasteiger partial charge in [-0.15, -0.1) is 0 Å². The molecule has 0 aromatic heterocycles. The second-order valence-electron chi connectivity index (χ2n) is 5.79. The average Bonchev–Trinajstić information content (AvgIpc) is 2.67. The lowest BCUT2D eigenvalue weighted by Gasteiger charge is -2.23. The summed E-state index contributed by atoms with van der Waals surface area (Å²) >= 11 is 6.09. The standard InChI is InChI=1S/C17H26ClNO2/c1-2-10-19-12-13-11-14(18)8-9-16(13)21-17-7-5-3-4-6-15(17)20/h8-9,11,15,17,19-20H,2-7,10,12H2,1H3. The Morgan fingerprint density at radius 1 is 1.29 bits per heavy atom. The number of rotatable bonds is 6. The molecule has 0 radical (unpaired) electrons. The molecule has 1 fully saturated rings. The van der Waals surface area contributed by atoms with Gasteiger partial charge in [0.1, 0.15) is 11.9 Å². The van der Waals surface area contributed by atoms with Crippen LogP contribution in [0.15, 0.2) is 18.2 Å². The Hall–Kier alpha value is -0.770. The Morgan fingerprint density at radius 2 is 2.10 bits per heavy atom. The Morgan fingerprint density at radius 3 is 2.90 bits per heavy atom. The van der Waals surface area contributed by atoms with Gasteiger partial charge in [0, 0.05) is 17.1 Å². The summed E-state index contributed by atoms with van der Waals surface area (Å²) in [6.45, 7) is 3.86. The van der Waals surface area contributed by atoms with Gasteiger partial charge in [0.15, 0.2) is 0 Å². The van der Waals surface area contributed by atoms with Gasteiger partial charge in [-0.05, 0) is 50.4 Å². The summed E-state index contributed by atoms with van der Waals surface area (Å²) in [6.07, 6.45) is 5.79. The van der Waals surface area contributed by atoms with Gasteiger partial charge in [-0.3, -0.25) is 0 Å². The molecule has 21 heavy (non-hydrogen) atoms. The second-order valence-corrected chi connectivity index (χ2v) is 6.23. The maximum Gasteiger partial charge on any atom is 0.124 e. The van der Waals surface area contributed by atoms with E-state index in [0.29, 0.717) is 0 Å². The molecule has 4 heteroatoms. The van der Waals surface area contributed by atoms with E-state index in [1.54, 1.807) is 0 Å². The lowest BCUT2D eigenvalue weighted by molar-refractivity contribution is 0.0314. The third-order valence-corrected chi connectivity index (χ3v) is 4.20. The first-order valence-electron chi connectivity index (χ1n) is 8.04. The quantitative estimate of drug-likeness (QED) is 0.618. The Labute approximate surface area is 132 Å². The number of aliphatic hydroxyl groups excluding tert-OH is 1. The third-order valence-electron chi connectivity index (χ3n) is 3.96. The number of hydrogen-bond acceptors (Lipinski definition) is 3. The van der Waals surface area contributed by atoms with Gasteiger partial charge in [0.25, 0.3) is 0 Å². The fraction of sp³-hybridized carbons (Fsp3) is 0.647. The van der Waals surface area contributed by atoms with Crippen LogP contribution in [0.3, 0.4) is 0 Å². The summed E-state index contributed by atoms with van der Waals surface area (Å²) in [6, 6.07) is 5.72. The maximum atomic E-state index is 10.2. The van der Waals surface area contributed by atoms with Crippen LogP contribution in [-0.2, 0) is 6.54 Å². The first-order valence-corrected chi connectivity index (χ1v) is 8.42. The smallest absolute Gasteiger partial charge is 0.124 e. The van der Waals surface area contributed by atoms with Crippen molar-refractivity contribution in [1.82, 2.24) is 5.32 Å². The Bertz CT molecular complexity index is 439. The molecule has 0 heterocycles. The fourth-order valence-corrected chi connectivity index (χ4v) is 2.95. The number of nitrogens with one attached hydrogen (secondary N) is 1. The van der Waals surface area contributed by atoms with E-state index < -0.39 is 0 Å². The summed E-state index contributed by atoms with van der Waals surface area (Å²) in [5, 5.41) is 14.3. The highest BCUT2D eigenvalue weighted by atomic mass is 35.5. The summed E-state index contributed by atoms with van der Waals surface area (Å²) in [5.74, 6) is 0.842. The van der Waals surface area contributed by atoms with Crippen molar-refractivity contribution < 1.29 is 9.84 Å². The van der Waals surface area contributed by atoms with E-state index in [0.717, 1.165) is 61.5 Å². The molecule has 1 aliphatic rings. The molecule has 3 nitrogen and oxygen atoms in total. The molecule has 1 aromatic carbocycles. The zero-order chi connectivity index (χ0) is 15.1. The van der Waals surface area contributed by atoms with Crippen molar-refractivity contribution in [2.45, 2.75) is 64.2 Å². The Balaban J connectivity index is 2.06. The summed E-state index contributed by atoms with van der Waals surface area (Å²) < 4.78 is 6.12. The maximum absolute atomic E-state index is 10.2. The van der Waals surface area contributed by atoms with E-state index in [2.05, 4.69) is 12.2 Å². The van der Waals surface area contributed by atoms with E-state index in [9.17, 15) is 5.11 Å². The monoisotopic (exact) mass is 311 g/mol. The second kappa shape index (κ2) is 8.62. The van der Waals surface area contributed by atoms with Gasteiger partial charge in [0.2, 0.25) is 0 Å². The molecule has 1 aliphatic carbocycles. The van der Waals surface area contributed by atoms with Crippen LogP contribution < -0.4 is 10.1 Å². The van der Waals surface area contributed by atoms with Gasteiger partial charge in [-0.25, -0.2) is 0 Å². The molecule has 1 aromatic rings. The van der Waals surface area contributed by atoms with Crippen LogP contribution in [0.2, 0.25) is 5.02 Å². The molecule has 1 saturated carbocycles. The number of ether oxygens (including phenoxy) is 1. The molecule has 2 atom stereocenters. The molecule has 2 rings (SSSR count). The van der Waals surface area contributed by atoms with Crippen LogP contribution in [0, 0.1) is 0 Å². The first-order chi connectivity index (χ1) is 10.2. The van der Waals surface area contributed by atoms with Crippen molar-refractivity contribution >= 4 is 11.6 Å². The Kier molecular flexibility index (Phi) is 6.81. The number of halogens is 1. The summed E-state index contributed by atoms with van der Waals surface area (Å²) in [5.41, 5.74) is 1.06. The van der Waals surface area contributed by atoms with Crippen molar-refractivity contribution in [3.05, 3.63) is 28.8 Å². The van der Waals surface area contributed by atoms with Gasteiger partial charge >= 0.3 is 0 Å². The zero-order valence-corrected chi connectivity index (χ0v) is 13.5. The molecule has 2 unspecified atom stereocenters. The van der Waals surface area contributed by atoms with Gasteiger partial charge in [-0.2, -0.15) is 0 Å². The molecule has 0 saturated heterocycles. The normalized spacial score (nSPS) is 22.8. The fourth-order valence-electron chi connectivity index (χ4n) is 2.76. The minimum atomic E-state index is -0.361. The van der Waals surface area contributed by atoms with E-state index >= 15 is 0 Å². The summed E-state index contributed by atoms with van der Waals surface area (Å²) in [7, 11) is 0. The number of hydrogen-bond donors (Lipinski definition) is 2. The highest BCUT2D eigenvalue weighted by Crippen LogP contribution is 2.28. The molecular formula is C17H26ClNO2. The van der Waals surface area contributed by atoms with Gasteiger partial charge < -0.3 is 15.2 Å². The van der Waals surface area contributed by atoms with Crippen LogP contribution in [0.1, 0.15) is 51.0 Å². The van der Waals surface area contributed by atoms with E-state index in [1.807, 2.05) is 18.2 Å². The van der Waals surface area contributed by atoms with Crippen LogP contribution in [-0.4, -0.2) is 23.9 Å². The lowest BCUT2D eigenvalue weighted by atomic mass is 10.1. The topological polar surface area (TPSA) is 41.5 Å². The van der Waals surface area contributed by atoms with Crippen LogP contribution in [0.5, 0.6) is 5.75 Å². The molecule has 0 spiro atoms. The van der Waals surface area contributed by atoms with Crippen molar-refractivity contribution in [1.29, 1.82) is 0 Å². The zero-order valence-electron chi connectivity index (χ0n) is 12.8. The number of aliphatic hydroxyl groups is 1. The minimum Gasteiger partial charge on any atom is -0.487 e. The molecule has 0 amide bonds. The van der Waals surface area contributed by atoms with Crippen LogP contribution >= 0.6 is 11.6 Å². The molecule has 0 aliphatic heterocycles. The molecule has 0 bridgehead atoms. The first kappa shape index (κ1) is 16.6. The number of benzene rings is 1. The van der Waals surface area contributed by atoms with Crippen molar-refractivity contribution in [3.8, 4) is 5.75 Å². The van der Waals surface area contributed by atoms with Crippen molar-refractivity contribution in [3.63, 3.8) is 0 Å². The highest BCUT2D eigenvalue weighted by Gasteiger charge is 2.24. The SMILES string of the molecule is CCCNCc1cc(Cl)ccc1OC1CCCCCC1O. The predicted molar refractivity (Wildman–Crippen MR) is 87.0 cm³/mol. The molecule has 118 valence electrons. The van der Waals surface area contributed by atoms with Gasteiger partial charge in [0.05, 0.1) is 6.10 Å². The average molecular weight is 312 g/mol.